The van der Waals surface area contributed by atoms with Crippen LogP contribution < -0.4 is 0 Å². The lowest BCUT2D eigenvalue weighted by Crippen LogP contribution is -2.42. The summed E-state index contributed by atoms with van der Waals surface area (Å²) in [6.07, 6.45) is 5.00. The second kappa shape index (κ2) is 5.28. The Morgan fingerprint density at radius 1 is 1.44 bits per heavy atom. The molecule has 0 radical (unpaired) electrons. The number of esters is 1. The lowest BCUT2D eigenvalue weighted by molar-refractivity contribution is -0.157. The molecular formula is C13H20O3. The van der Waals surface area contributed by atoms with E-state index >= 15 is 0 Å². The van der Waals surface area contributed by atoms with Gasteiger partial charge in [0.15, 0.2) is 5.78 Å². The minimum Gasteiger partial charge on any atom is -0.465 e. The van der Waals surface area contributed by atoms with E-state index in [0.29, 0.717) is 13.0 Å². The van der Waals surface area contributed by atoms with Gasteiger partial charge in [0.25, 0.3) is 0 Å². The summed E-state index contributed by atoms with van der Waals surface area (Å²) in [4.78, 5) is 23.9. The zero-order valence-electron chi connectivity index (χ0n) is 10.3. The number of hydrogen-bond donors (Lipinski definition) is 0. The summed E-state index contributed by atoms with van der Waals surface area (Å²) in [6.45, 7) is 5.80. The molecule has 1 fully saturated rings. The quantitative estimate of drug-likeness (QED) is 0.420. The highest BCUT2D eigenvalue weighted by molar-refractivity contribution is 6.07. The van der Waals surface area contributed by atoms with Crippen molar-refractivity contribution in [2.75, 3.05) is 6.61 Å². The maximum atomic E-state index is 12.0. The molecule has 1 atom stereocenters. The van der Waals surface area contributed by atoms with Crippen molar-refractivity contribution in [3.63, 3.8) is 0 Å². The van der Waals surface area contributed by atoms with Crippen molar-refractivity contribution in [2.45, 2.75) is 46.5 Å². The van der Waals surface area contributed by atoms with Crippen molar-refractivity contribution in [1.29, 1.82) is 0 Å². The van der Waals surface area contributed by atoms with Crippen molar-refractivity contribution >= 4 is 11.8 Å². The molecular weight excluding hydrogens is 204 g/mol. The van der Waals surface area contributed by atoms with Crippen LogP contribution in [0, 0.1) is 5.41 Å². The Hall–Kier alpha value is -1.12. The fourth-order valence-electron chi connectivity index (χ4n) is 2.19. The summed E-state index contributed by atoms with van der Waals surface area (Å²) < 4.78 is 5.03. The fraction of sp³-hybridized carbons (Fsp3) is 0.692. The van der Waals surface area contributed by atoms with E-state index in [2.05, 4.69) is 0 Å². The number of rotatable bonds is 3. The molecule has 0 amide bonds. The maximum Gasteiger partial charge on any atom is 0.323 e. The van der Waals surface area contributed by atoms with E-state index < -0.39 is 5.41 Å². The summed E-state index contributed by atoms with van der Waals surface area (Å²) in [6, 6.07) is 0. The average molecular weight is 224 g/mol. The van der Waals surface area contributed by atoms with Crippen LogP contribution >= 0.6 is 0 Å². The summed E-state index contributed by atoms with van der Waals surface area (Å²) in [5.41, 5.74) is -0.0886. The molecule has 3 heteroatoms. The number of ether oxygens (including phenoxy) is 1. The molecule has 1 aliphatic carbocycles. The Labute approximate surface area is 96.9 Å². The first-order chi connectivity index (χ1) is 7.57. The maximum absolute atomic E-state index is 12.0. The SMILES string of the molecule is CC/C=C1\CCCC(=O)C1(C)C(=O)OCC. The van der Waals surface area contributed by atoms with E-state index in [0.717, 1.165) is 24.8 Å². The highest BCUT2D eigenvalue weighted by atomic mass is 16.5. The molecule has 1 rings (SSSR count). The molecule has 0 aliphatic heterocycles. The molecule has 0 saturated heterocycles. The predicted octanol–water partition coefficient (Wildman–Crippen LogP) is 2.65. The number of carbonyl (C=O) groups excluding carboxylic acids is 2. The fourth-order valence-corrected chi connectivity index (χ4v) is 2.19. The second-order valence-electron chi connectivity index (χ2n) is 4.26. The van der Waals surface area contributed by atoms with Gasteiger partial charge in [0, 0.05) is 6.42 Å². The monoisotopic (exact) mass is 224 g/mol. The molecule has 0 aromatic heterocycles. The van der Waals surface area contributed by atoms with Crippen molar-refractivity contribution in [3.05, 3.63) is 11.6 Å². The van der Waals surface area contributed by atoms with Crippen LogP contribution in [0.5, 0.6) is 0 Å². The molecule has 16 heavy (non-hydrogen) atoms. The van der Waals surface area contributed by atoms with E-state index in [4.69, 9.17) is 4.74 Å². The van der Waals surface area contributed by atoms with E-state index in [1.54, 1.807) is 13.8 Å². The molecule has 3 nitrogen and oxygen atoms in total. The molecule has 90 valence electrons. The smallest absolute Gasteiger partial charge is 0.323 e. The minimum atomic E-state index is -1.02. The highest BCUT2D eigenvalue weighted by Gasteiger charge is 2.46. The van der Waals surface area contributed by atoms with Gasteiger partial charge >= 0.3 is 5.97 Å². The zero-order valence-corrected chi connectivity index (χ0v) is 10.3. The van der Waals surface area contributed by atoms with Gasteiger partial charge in [-0.25, -0.2) is 0 Å². The first-order valence-corrected chi connectivity index (χ1v) is 5.97. The Morgan fingerprint density at radius 3 is 2.69 bits per heavy atom. The zero-order chi connectivity index (χ0) is 12.2. The molecule has 1 saturated carbocycles. The van der Waals surface area contributed by atoms with E-state index in [1.165, 1.54) is 0 Å². The Morgan fingerprint density at radius 2 is 2.12 bits per heavy atom. The first-order valence-electron chi connectivity index (χ1n) is 5.97. The van der Waals surface area contributed by atoms with Crippen LogP contribution in [0.4, 0.5) is 0 Å². The first kappa shape index (κ1) is 12.9. The van der Waals surface area contributed by atoms with Crippen LogP contribution in [-0.2, 0) is 14.3 Å². The number of hydrogen-bond acceptors (Lipinski definition) is 3. The third kappa shape index (κ3) is 2.18. The molecule has 0 aromatic carbocycles. The van der Waals surface area contributed by atoms with Gasteiger partial charge in [-0.3, -0.25) is 9.59 Å². The minimum absolute atomic E-state index is 0.00287. The van der Waals surface area contributed by atoms with Gasteiger partial charge < -0.3 is 4.74 Å². The third-order valence-corrected chi connectivity index (χ3v) is 3.18. The standard InChI is InChI=1S/C13H20O3/c1-4-7-10-8-6-9-11(14)13(10,3)12(15)16-5-2/h7H,4-6,8-9H2,1-3H3/b10-7+. The van der Waals surface area contributed by atoms with Gasteiger partial charge in [0.2, 0.25) is 0 Å². The molecule has 1 unspecified atom stereocenters. The van der Waals surface area contributed by atoms with Gasteiger partial charge in [-0.15, -0.1) is 0 Å². The van der Waals surface area contributed by atoms with E-state index in [1.807, 2.05) is 13.0 Å². The number of ketones is 1. The Kier molecular flexibility index (Phi) is 4.27. The lowest BCUT2D eigenvalue weighted by atomic mass is 9.70. The van der Waals surface area contributed by atoms with Crippen molar-refractivity contribution < 1.29 is 14.3 Å². The van der Waals surface area contributed by atoms with Gasteiger partial charge in [0.05, 0.1) is 6.61 Å². The normalized spacial score (nSPS) is 28.2. The van der Waals surface area contributed by atoms with Gasteiger partial charge in [-0.2, -0.15) is 0 Å². The van der Waals surface area contributed by atoms with E-state index in [9.17, 15) is 9.59 Å². The predicted molar refractivity (Wildman–Crippen MR) is 62.0 cm³/mol. The van der Waals surface area contributed by atoms with Gasteiger partial charge in [-0.1, -0.05) is 13.0 Å². The number of Topliss-reactive ketones (excluding diaryl/α,β-unsaturated/α-hetero) is 1. The largest absolute Gasteiger partial charge is 0.465 e. The van der Waals surface area contributed by atoms with Gasteiger partial charge in [0.1, 0.15) is 5.41 Å². The van der Waals surface area contributed by atoms with Crippen LogP contribution in [0.1, 0.15) is 46.5 Å². The van der Waals surface area contributed by atoms with Crippen LogP contribution in [0.3, 0.4) is 0 Å². The molecule has 0 spiro atoms. The third-order valence-electron chi connectivity index (χ3n) is 3.18. The summed E-state index contributed by atoms with van der Waals surface area (Å²) in [7, 11) is 0. The van der Waals surface area contributed by atoms with Crippen molar-refractivity contribution in [1.82, 2.24) is 0 Å². The number of carbonyl (C=O) groups is 2. The summed E-state index contributed by atoms with van der Waals surface area (Å²) in [5, 5.41) is 0. The van der Waals surface area contributed by atoms with Crippen molar-refractivity contribution in [3.8, 4) is 0 Å². The molecule has 0 aromatic rings. The topological polar surface area (TPSA) is 43.4 Å². The Bertz CT molecular complexity index is 317. The number of allylic oxidation sites excluding steroid dienone is 1. The second-order valence-corrected chi connectivity index (χ2v) is 4.26. The summed E-state index contributed by atoms with van der Waals surface area (Å²) >= 11 is 0. The Balaban J connectivity index is 3.04. The molecule has 1 aliphatic rings. The van der Waals surface area contributed by atoms with Crippen LogP contribution in [0.15, 0.2) is 11.6 Å². The van der Waals surface area contributed by atoms with Crippen LogP contribution in [-0.4, -0.2) is 18.4 Å². The van der Waals surface area contributed by atoms with Gasteiger partial charge in [-0.05, 0) is 38.7 Å². The molecule has 0 heterocycles. The average Bonchev–Trinajstić information content (AvgIpc) is 2.25. The van der Waals surface area contributed by atoms with Crippen LogP contribution in [0.25, 0.3) is 0 Å². The summed E-state index contributed by atoms with van der Waals surface area (Å²) in [5.74, 6) is -0.392. The molecule has 0 bridgehead atoms. The highest BCUT2D eigenvalue weighted by Crippen LogP contribution is 2.39. The lowest BCUT2D eigenvalue weighted by Gasteiger charge is -2.32. The molecule has 0 N–H and O–H groups in total. The van der Waals surface area contributed by atoms with Crippen molar-refractivity contribution in [2.24, 2.45) is 5.41 Å². The van der Waals surface area contributed by atoms with E-state index in [-0.39, 0.29) is 11.8 Å². The van der Waals surface area contributed by atoms with Crippen LogP contribution in [0.2, 0.25) is 0 Å².